The molecule has 1 heterocycles. The fraction of sp³-hybridized carbons (Fsp3) is 0.655. The van der Waals surface area contributed by atoms with Gasteiger partial charge in [0.15, 0.2) is 5.82 Å². The summed E-state index contributed by atoms with van der Waals surface area (Å²) in [5.41, 5.74) is 2.14. The van der Waals surface area contributed by atoms with Gasteiger partial charge in [-0.2, -0.15) is 0 Å². The monoisotopic (exact) mass is 438 g/mol. The molecule has 178 valence electrons. The van der Waals surface area contributed by atoms with E-state index in [4.69, 9.17) is 9.72 Å². The lowest BCUT2D eigenvalue weighted by atomic mass is 10.0. The predicted octanol–water partition coefficient (Wildman–Crippen LogP) is 8.81. The van der Waals surface area contributed by atoms with E-state index in [0.29, 0.717) is 0 Å². The third-order valence-corrected chi connectivity index (χ3v) is 6.42. The summed E-state index contributed by atoms with van der Waals surface area (Å²) in [5, 5.41) is 0. The summed E-state index contributed by atoms with van der Waals surface area (Å²) in [6.07, 6.45) is 20.1. The largest absolute Gasteiger partial charge is 0.493 e. The van der Waals surface area contributed by atoms with Crippen LogP contribution in [0.15, 0.2) is 36.5 Å². The van der Waals surface area contributed by atoms with Gasteiger partial charge in [0.05, 0.1) is 12.2 Å². The predicted molar refractivity (Wildman–Crippen MR) is 137 cm³/mol. The van der Waals surface area contributed by atoms with Crippen molar-refractivity contribution in [3.63, 3.8) is 0 Å². The Morgan fingerprint density at radius 2 is 1.50 bits per heavy atom. The fourth-order valence-electron chi connectivity index (χ4n) is 4.05. The minimum absolute atomic E-state index is 0.750. The van der Waals surface area contributed by atoms with Crippen LogP contribution in [0.3, 0.4) is 0 Å². The number of para-hydroxylation sites is 1. The Bertz CT molecular complexity index is 731. The van der Waals surface area contributed by atoms with Crippen molar-refractivity contribution >= 4 is 0 Å². The van der Waals surface area contributed by atoms with Crippen molar-refractivity contribution in [1.82, 2.24) is 9.97 Å². The van der Waals surface area contributed by atoms with Gasteiger partial charge in [-0.25, -0.2) is 9.97 Å². The summed E-state index contributed by atoms with van der Waals surface area (Å²) >= 11 is 0. The van der Waals surface area contributed by atoms with Crippen molar-refractivity contribution in [3.05, 3.63) is 42.2 Å². The second kappa shape index (κ2) is 16.7. The average molecular weight is 439 g/mol. The van der Waals surface area contributed by atoms with Crippen molar-refractivity contribution in [2.45, 2.75) is 111 Å². The summed E-state index contributed by atoms with van der Waals surface area (Å²) in [6, 6.07) is 10.2. The molecule has 2 rings (SSSR count). The fourth-order valence-corrected chi connectivity index (χ4v) is 4.05. The summed E-state index contributed by atoms with van der Waals surface area (Å²) in [7, 11) is 0. The number of aromatic nitrogens is 2. The van der Waals surface area contributed by atoms with E-state index in [1.807, 2.05) is 24.4 Å². The summed E-state index contributed by atoms with van der Waals surface area (Å²) in [5.74, 6) is 2.44. The molecule has 0 radical (unpaired) electrons. The molecule has 32 heavy (non-hydrogen) atoms. The first-order valence-electron chi connectivity index (χ1n) is 13.3. The van der Waals surface area contributed by atoms with Crippen LogP contribution in [0.5, 0.6) is 5.75 Å². The van der Waals surface area contributed by atoms with Gasteiger partial charge in [-0.1, -0.05) is 97.1 Å². The molecule has 0 amide bonds. The maximum absolute atomic E-state index is 6.11. The highest BCUT2D eigenvalue weighted by molar-refractivity contribution is 5.63. The van der Waals surface area contributed by atoms with Crippen molar-refractivity contribution in [2.24, 2.45) is 5.92 Å². The Kier molecular flexibility index (Phi) is 13.7. The number of aryl methyl sites for hydroxylation is 1. The van der Waals surface area contributed by atoms with Crippen LogP contribution >= 0.6 is 0 Å². The van der Waals surface area contributed by atoms with Gasteiger partial charge in [0, 0.05) is 11.9 Å². The smallest absolute Gasteiger partial charge is 0.163 e. The molecule has 0 spiro atoms. The van der Waals surface area contributed by atoms with Crippen LogP contribution < -0.4 is 4.74 Å². The summed E-state index contributed by atoms with van der Waals surface area (Å²) < 4.78 is 6.11. The van der Waals surface area contributed by atoms with Gasteiger partial charge in [-0.15, -0.1) is 0 Å². The van der Waals surface area contributed by atoms with Gasteiger partial charge in [-0.3, -0.25) is 0 Å². The van der Waals surface area contributed by atoms with E-state index in [1.54, 1.807) is 0 Å². The number of unbranched alkanes of at least 4 members (excludes halogenated alkanes) is 9. The Balaban J connectivity index is 1.75. The Labute approximate surface area is 197 Å². The molecule has 1 unspecified atom stereocenters. The number of hydrogen-bond acceptors (Lipinski definition) is 3. The van der Waals surface area contributed by atoms with E-state index in [9.17, 15) is 0 Å². The van der Waals surface area contributed by atoms with Crippen LogP contribution in [0.4, 0.5) is 0 Å². The topological polar surface area (TPSA) is 35.0 Å². The molecule has 0 aliphatic rings. The first-order valence-corrected chi connectivity index (χ1v) is 13.3. The highest BCUT2D eigenvalue weighted by Gasteiger charge is 2.10. The zero-order valence-corrected chi connectivity index (χ0v) is 21.0. The molecule has 0 fully saturated rings. The van der Waals surface area contributed by atoms with Gasteiger partial charge in [0.1, 0.15) is 5.75 Å². The summed E-state index contributed by atoms with van der Waals surface area (Å²) in [4.78, 5) is 9.41. The van der Waals surface area contributed by atoms with Gasteiger partial charge in [0.25, 0.3) is 0 Å². The van der Waals surface area contributed by atoms with Crippen LogP contribution in [0, 0.1) is 5.92 Å². The normalized spacial score (nSPS) is 12.1. The second-order valence-electron chi connectivity index (χ2n) is 9.30. The quantitative estimate of drug-likeness (QED) is 0.218. The van der Waals surface area contributed by atoms with Crippen molar-refractivity contribution in [3.8, 4) is 17.1 Å². The van der Waals surface area contributed by atoms with Crippen LogP contribution in [0.1, 0.15) is 110 Å². The molecule has 3 heteroatoms. The Hall–Kier alpha value is -1.90. The van der Waals surface area contributed by atoms with E-state index >= 15 is 0 Å². The lowest BCUT2D eigenvalue weighted by Gasteiger charge is -2.12. The third kappa shape index (κ3) is 10.6. The van der Waals surface area contributed by atoms with Gasteiger partial charge < -0.3 is 4.74 Å². The molecule has 1 aromatic heterocycles. The lowest BCUT2D eigenvalue weighted by Crippen LogP contribution is -2.03. The molecule has 0 aliphatic heterocycles. The number of rotatable bonds is 18. The molecule has 0 N–H and O–H groups in total. The highest BCUT2D eigenvalue weighted by atomic mass is 16.5. The van der Waals surface area contributed by atoms with Crippen LogP contribution in [0.2, 0.25) is 0 Å². The maximum atomic E-state index is 6.11. The number of benzene rings is 1. The minimum Gasteiger partial charge on any atom is -0.493 e. The molecular weight excluding hydrogens is 392 g/mol. The number of nitrogens with zero attached hydrogens (tertiary/aromatic N) is 2. The van der Waals surface area contributed by atoms with Crippen LogP contribution in [0.25, 0.3) is 11.4 Å². The number of ether oxygens (including phenoxy) is 1. The van der Waals surface area contributed by atoms with Crippen LogP contribution in [-0.4, -0.2) is 16.6 Å². The van der Waals surface area contributed by atoms with E-state index in [0.717, 1.165) is 48.2 Å². The standard InChI is InChI=1S/C29H46N2O/c1-4-6-7-8-9-10-11-12-13-14-19-26-22-23-30-29(31-26)27-20-15-16-21-28(27)32-24-17-18-25(3)5-2/h15-16,20-23,25H,4-14,17-19,24H2,1-3H3. The average Bonchev–Trinajstić information content (AvgIpc) is 2.83. The van der Waals surface area contributed by atoms with E-state index in [2.05, 4.69) is 37.9 Å². The zero-order valence-electron chi connectivity index (χ0n) is 21.0. The Morgan fingerprint density at radius 1 is 0.812 bits per heavy atom. The molecule has 2 aromatic rings. The molecule has 1 atom stereocenters. The van der Waals surface area contributed by atoms with E-state index in [-0.39, 0.29) is 0 Å². The minimum atomic E-state index is 0.750. The summed E-state index contributed by atoms with van der Waals surface area (Å²) in [6.45, 7) is 7.59. The molecular formula is C29H46N2O. The molecule has 0 bridgehead atoms. The first kappa shape index (κ1) is 26.4. The molecule has 0 aliphatic carbocycles. The first-order chi connectivity index (χ1) is 15.7. The molecule has 0 saturated carbocycles. The maximum Gasteiger partial charge on any atom is 0.163 e. The number of hydrogen-bond donors (Lipinski definition) is 0. The van der Waals surface area contributed by atoms with Gasteiger partial charge in [0.2, 0.25) is 0 Å². The molecule has 1 aromatic carbocycles. The van der Waals surface area contributed by atoms with Crippen molar-refractivity contribution < 1.29 is 4.74 Å². The Morgan fingerprint density at radius 3 is 2.22 bits per heavy atom. The molecule has 0 saturated heterocycles. The third-order valence-electron chi connectivity index (χ3n) is 6.42. The SMILES string of the molecule is CCCCCCCCCCCCc1ccnc(-c2ccccc2OCCCC(C)CC)n1. The van der Waals surface area contributed by atoms with E-state index < -0.39 is 0 Å². The van der Waals surface area contributed by atoms with Crippen LogP contribution in [-0.2, 0) is 6.42 Å². The van der Waals surface area contributed by atoms with Gasteiger partial charge in [-0.05, 0) is 49.8 Å². The lowest BCUT2D eigenvalue weighted by molar-refractivity contribution is 0.295. The van der Waals surface area contributed by atoms with E-state index in [1.165, 1.54) is 77.0 Å². The molecule has 3 nitrogen and oxygen atoms in total. The second-order valence-corrected chi connectivity index (χ2v) is 9.30. The highest BCUT2D eigenvalue weighted by Crippen LogP contribution is 2.27. The van der Waals surface area contributed by atoms with Gasteiger partial charge >= 0.3 is 0 Å². The zero-order chi connectivity index (χ0) is 22.9. The van der Waals surface area contributed by atoms with Crippen molar-refractivity contribution in [2.75, 3.05) is 6.61 Å². The van der Waals surface area contributed by atoms with Crippen molar-refractivity contribution in [1.29, 1.82) is 0 Å².